The molecule has 0 aliphatic carbocycles. The van der Waals surface area contributed by atoms with Crippen LogP contribution in [0.4, 0.5) is 0 Å². The second-order valence-electron chi connectivity index (χ2n) is 9.10. The minimum atomic E-state index is -3.68. The predicted molar refractivity (Wildman–Crippen MR) is 132 cm³/mol. The number of fused-ring (bicyclic) bond motifs is 1. The minimum Gasteiger partial charge on any atom is -0.497 e. The van der Waals surface area contributed by atoms with Crippen molar-refractivity contribution in [2.75, 3.05) is 27.0 Å². The van der Waals surface area contributed by atoms with E-state index in [-0.39, 0.29) is 42.6 Å². The lowest BCUT2D eigenvalue weighted by Crippen LogP contribution is -2.54. The van der Waals surface area contributed by atoms with Crippen molar-refractivity contribution in [1.82, 2.24) is 14.9 Å². The van der Waals surface area contributed by atoms with E-state index in [1.165, 1.54) is 23.5 Å². The number of methoxy groups -OCH3 is 1. The first-order valence-corrected chi connectivity index (χ1v) is 13.3. The molecule has 1 atom stereocenters. The van der Waals surface area contributed by atoms with E-state index in [0.29, 0.717) is 35.7 Å². The molecule has 1 saturated heterocycles. The molecule has 2 aliphatic heterocycles. The van der Waals surface area contributed by atoms with Crippen molar-refractivity contribution in [2.24, 2.45) is 5.92 Å². The lowest BCUT2D eigenvalue weighted by Gasteiger charge is -2.35. The van der Waals surface area contributed by atoms with Crippen LogP contribution in [0.5, 0.6) is 17.2 Å². The van der Waals surface area contributed by atoms with Gasteiger partial charge in [0.1, 0.15) is 11.8 Å². The number of nitrogens with zero attached hydrogens (tertiary/aromatic N) is 1. The predicted octanol–water partition coefficient (Wildman–Crippen LogP) is 2.15. The van der Waals surface area contributed by atoms with Gasteiger partial charge in [0.25, 0.3) is 5.91 Å². The molecule has 0 spiro atoms. The molecule has 4 rings (SSSR count). The first-order valence-electron chi connectivity index (χ1n) is 11.8. The van der Waals surface area contributed by atoms with Crippen LogP contribution in [-0.2, 0) is 14.8 Å². The number of nitrogens with one attached hydrogen (secondary N) is 2. The molecule has 11 heteroatoms. The number of sulfonamides is 1. The Bertz CT molecular complexity index is 1210. The molecule has 10 nitrogen and oxygen atoms in total. The molecule has 0 radical (unpaired) electrons. The van der Waals surface area contributed by atoms with Crippen molar-refractivity contribution >= 4 is 21.8 Å². The zero-order chi connectivity index (χ0) is 25.9. The summed E-state index contributed by atoms with van der Waals surface area (Å²) in [7, 11) is -2.16. The molecule has 2 N–H and O–H groups in total. The topological polar surface area (TPSA) is 123 Å². The van der Waals surface area contributed by atoms with Gasteiger partial charge in [-0.2, -0.15) is 4.31 Å². The second kappa shape index (κ2) is 10.8. The van der Waals surface area contributed by atoms with Crippen molar-refractivity contribution < 1.29 is 32.2 Å². The Labute approximate surface area is 211 Å². The van der Waals surface area contributed by atoms with Crippen molar-refractivity contribution in [2.45, 2.75) is 43.7 Å². The average molecular weight is 518 g/mol. The molecule has 0 unspecified atom stereocenters. The van der Waals surface area contributed by atoms with E-state index < -0.39 is 22.0 Å². The maximum Gasteiger partial charge on any atom is 0.252 e. The molecular weight excluding hydrogens is 486 g/mol. The van der Waals surface area contributed by atoms with Gasteiger partial charge in [-0.3, -0.25) is 9.59 Å². The number of carbonyl (C=O) groups excluding carboxylic acids is 2. The fourth-order valence-electron chi connectivity index (χ4n) is 4.38. The highest BCUT2D eigenvalue weighted by atomic mass is 32.2. The Kier molecular flexibility index (Phi) is 7.70. The molecule has 36 heavy (non-hydrogen) atoms. The number of amides is 2. The fraction of sp³-hybridized carbons (Fsp3) is 0.440. The normalized spacial score (nSPS) is 17.0. The van der Waals surface area contributed by atoms with Gasteiger partial charge in [-0.1, -0.05) is 0 Å². The zero-order valence-corrected chi connectivity index (χ0v) is 21.3. The van der Waals surface area contributed by atoms with E-state index in [9.17, 15) is 18.0 Å². The number of carbonyl (C=O) groups is 2. The molecule has 2 aromatic carbocycles. The van der Waals surface area contributed by atoms with E-state index >= 15 is 0 Å². The molecule has 0 saturated carbocycles. The third-order valence-corrected chi connectivity index (χ3v) is 8.21. The van der Waals surface area contributed by atoms with Crippen LogP contribution in [-0.4, -0.2) is 63.6 Å². The molecular formula is C25H31N3O7S. The molecule has 2 aliphatic rings. The zero-order valence-electron chi connectivity index (χ0n) is 20.5. The summed E-state index contributed by atoms with van der Waals surface area (Å²) in [6, 6.07) is 10.2. The minimum absolute atomic E-state index is 0.0951. The smallest absolute Gasteiger partial charge is 0.252 e. The molecule has 2 aromatic rings. The molecule has 2 heterocycles. The van der Waals surface area contributed by atoms with Gasteiger partial charge in [0.2, 0.25) is 22.7 Å². The number of benzene rings is 2. The third-order valence-electron chi connectivity index (χ3n) is 6.30. The fourth-order valence-corrected chi connectivity index (χ4v) is 5.85. The Morgan fingerprint density at radius 2 is 1.67 bits per heavy atom. The van der Waals surface area contributed by atoms with Gasteiger partial charge < -0.3 is 24.8 Å². The van der Waals surface area contributed by atoms with Crippen LogP contribution in [0, 0.1) is 5.92 Å². The number of rotatable bonds is 8. The molecule has 0 aromatic heterocycles. The maximum absolute atomic E-state index is 13.1. The largest absolute Gasteiger partial charge is 0.497 e. The first-order chi connectivity index (χ1) is 17.2. The Morgan fingerprint density at radius 3 is 2.31 bits per heavy atom. The monoisotopic (exact) mass is 517 g/mol. The summed E-state index contributed by atoms with van der Waals surface area (Å²) in [5, 5.41) is 5.74. The Morgan fingerprint density at radius 1 is 1.00 bits per heavy atom. The summed E-state index contributed by atoms with van der Waals surface area (Å²) in [5.41, 5.74) is 0.348. The van der Waals surface area contributed by atoms with Gasteiger partial charge in [0.05, 0.1) is 12.0 Å². The standard InChI is InChI=1S/C25H31N3O7S/c1-16(2)26-25(30)23(27-24(29)18-4-9-21-22(14-18)35-15-34-21)17-10-12-28(13-11-17)36(31,32)20-7-5-19(33-3)6-8-20/h4-9,14,16-17,23H,10-13,15H2,1-3H3,(H,26,30)(H,27,29)/t23-/m1/s1. The van der Waals surface area contributed by atoms with Gasteiger partial charge in [0.15, 0.2) is 11.5 Å². The number of ether oxygens (including phenoxy) is 3. The van der Waals surface area contributed by atoms with Crippen LogP contribution in [0.25, 0.3) is 0 Å². The van der Waals surface area contributed by atoms with E-state index in [0.717, 1.165) is 0 Å². The third kappa shape index (κ3) is 5.57. The average Bonchev–Trinajstić information content (AvgIpc) is 3.35. The van der Waals surface area contributed by atoms with Crippen LogP contribution < -0.4 is 24.8 Å². The summed E-state index contributed by atoms with van der Waals surface area (Å²) < 4.78 is 43.4. The van der Waals surface area contributed by atoms with Gasteiger partial charge in [-0.05, 0) is 75.1 Å². The lowest BCUT2D eigenvalue weighted by atomic mass is 9.89. The summed E-state index contributed by atoms with van der Waals surface area (Å²) >= 11 is 0. The van der Waals surface area contributed by atoms with Crippen molar-refractivity contribution in [1.29, 1.82) is 0 Å². The summed E-state index contributed by atoms with van der Waals surface area (Å²) in [4.78, 5) is 26.3. The van der Waals surface area contributed by atoms with Crippen molar-refractivity contribution in [3.8, 4) is 17.2 Å². The number of piperidine rings is 1. The molecule has 1 fully saturated rings. The van der Waals surface area contributed by atoms with Gasteiger partial charge in [0, 0.05) is 24.7 Å². The summed E-state index contributed by atoms with van der Waals surface area (Å²) in [6.07, 6.45) is 0.847. The van der Waals surface area contributed by atoms with E-state index in [1.807, 2.05) is 13.8 Å². The quantitative estimate of drug-likeness (QED) is 0.550. The van der Waals surface area contributed by atoms with E-state index in [4.69, 9.17) is 14.2 Å². The van der Waals surface area contributed by atoms with Crippen molar-refractivity contribution in [3.63, 3.8) is 0 Å². The van der Waals surface area contributed by atoms with Crippen LogP contribution in [0.1, 0.15) is 37.0 Å². The second-order valence-corrected chi connectivity index (χ2v) is 11.0. The lowest BCUT2D eigenvalue weighted by molar-refractivity contribution is -0.125. The first kappa shape index (κ1) is 25.8. The van der Waals surface area contributed by atoms with E-state index in [1.54, 1.807) is 30.3 Å². The van der Waals surface area contributed by atoms with Crippen LogP contribution in [0.3, 0.4) is 0 Å². The van der Waals surface area contributed by atoms with Crippen LogP contribution in [0.2, 0.25) is 0 Å². The number of hydrogen-bond acceptors (Lipinski definition) is 7. The SMILES string of the molecule is COc1ccc(S(=O)(=O)N2CCC([C@@H](NC(=O)c3ccc4c(c3)OCO4)C(=O)NC(C)C)CC2)cc1. The maximum atomic E-state index is 13.1. The Hall–Kier alpha value is -3.31. The highest BCUT2D eigenvalue weighted by Gasteiger charge is 2.36. The van der Waals surface area contributed by atoms with Crippen molar-refractivity contribution in [3.05, 3.63) is 48.0 Å². The molecule has 194 valence electrons. The molecule has 0 bridgehead atoms. The van der Waals surface area contributed by atoms with Gasteiger partial charge in [-0.15, -0.1) is 0 Å². The Balaban J connectivity index is 1.46. The van der Waals surface area contributed by atoms with E-state index in [2.05, 4.69) is 10.6 Å². The van der Waals surface area contributed by atoms with Crippen LogP contribution in [0.15, 0.2) is 47.4 Å². The van der Waals surface area contributed by atoms with Gasteiger partial charge >= 0.3 is 0 Å². The highest BCUT2D eigenvalue weighted by molar-refractivity contribution is 7.89. The van der Waals surface area contributed by atoms with Gasteiger partial charge in [-0.25, -0.2) is 8.42 Å². The summed E-state index contributed by atoms with van der Waals surface area (Å²) in [5.74, 6) is 0.670. The summed E-state index contributed by atoms with van der Waals surface area (Å²) in [6.45, 7) is 4.27. The number of hydrogen-bond donors (Lipinski definition) is 2. The highest BCUT2D eigenvalue weighted by Crippen LogP contribution is 2.33. The molecule has 2 amide bonds. The van der Waals surface area contributed by atoms with Crippen LogP contribution >= 0.6 is 0 Å².